The van der Waals surface area contributed by atoms with E-state index in [0.29, 0.717) is 6.54 Å². The minimum atomic E-state index is 0.549. The third kappa shape index (κ3) is 5.54. The van der Waals surface area contributed by atoms with E-state index in [4.69, 9.17) is 10.5 Å². The van der Waals surface area contributed by atoms with Gasteiger partial charge in [-0.15, -0.1) is 0 Å². The minimum absolute atomic E-state index is 0.549. The van der Waals surface area contributed by atoms with Crippen LogP contribution in [0.1, 0.15) is 56.6 Å². The van der Waals surface area contributed by atoms with Crippen LogP contribution >= 0.6 is 0 Å². The van der Waals surface area contributed by atoms with Gasteiger partial charge >= 0.3 is 0 Å². The molecular formula is C16H27NO. The van der Waals surface area contributed by atoms with Crippen molar-refractivity contribution in [3.63, 3.8) is 0 Å². The van der Waals surface area contributed by atoms with Crippen molar-refractivity contribution < 1.29 is 4.74 Å². The number of rotatable bonds is 9. The van der Waals surface area contributed by atoms with Gasteiger partial charge in [0.15, 0.2) is 0 Å². The molecular weight excluding hydrogens is 222 g/mol. The monoisotopic (exact) mass is 249 g/mol. The van der Waals surface area contributed by atoms with Crippen LogP contribution in [0.3, 0.4) is 0 Å². The quantitative estimate of drug-likeness (QED) is 0.666. The lowest BCUT2D eigenvalue weighted by molar-refractivity contribution is 0.301. The van der Waals surface area contributed by atoms with Gasteiger partial charge in [0.2, 0.25) is 0 Å². The van der Waals surface area contributed by atoms with E-state index in [0.717, 1.165) is 24.3 Å². The predicted octanol–water partition coefficient (Wildman–Crippen LogP) is 4.19. The molecule has 0 aliphatic rings. The Kier molecular flexibility index (Phi) is 7.51. The molecule has 2 nitrogen and oxygen atoms in total. The Bertz CT molecular complexity index is 336. The normalized spacial score (nSPS) is 10.6. The number of unbranched alkanes of at least 4 members (excludes halogenated alkanes) is 5. The molecule has 0 aliphatic heterocycles. The summed E-state index contributed by atoms with van der Waals surface area (Å²) < 4.78 is 5.81. The van der Waals surface area contributed by atoms with Crippen molar-refractivity contribution in [2.45, 2.75) is 58.9 Å². The van der Waals surface area contributed by atoms with Crippen molar-refractivity contribution in [3.8, 4) is 5.75 Å². The molecule has 1 aromatic carbocycles. The summed E-state index contributed by atoms with van der Waals surface area (Å²) >= 11 is 0. The molecule has 0 unspecified atom stereocenters. The number of nitrogens with two attached hydrogens (primary N) is 1. The molecule has 2 N–H and O–H groups in total. The third-order valence-corrected chi connectivity index (χ3v) is 3.19. The van der Waals surface area contributed by atoms with Gasteiger partial charge in [-0.3, -0.25) is 0 Å². The van der Waals surface area contributed by atoms with E-state index in [2.05, 4.69) is 26.0 Å². The molecule has 1 aromatic rings. The summed E-state index contributed by atoms with van der Waals surface area (Å²) in [7, 11) is 0. The van der Waals surface area contributed by atoms with Crippen molar-refractivity contribution in [1.29, 1.82) is 0 Å². The molecule has 2 heteroatoms. The molecule has 18 heavy (non-hydrogen) atoms. The van der Waals surface area contributed by atoms with Crippen molar-refractivity contribution in [2.75, 3.05) is 6.61 Å². The fourth-order valence-electron chi connectivity index (χ4n) is 2.07. The van der Waals surface area contributed by atoms with Crippen LogP contribution in [-0.4, -0.2) is 6.61 Å². The van der Waals surface area contributed by atoms with Gasteiger partial charge in [0.25, 0.3) is 0 Å². The van der Waals surface area contributed by atoms with Gasteiger partial charge in [0.05, 0.1) is 6.61 Å². The third-order valence-electron chi connectivity index (χ3n) is 3.19. The summed E-state index contributed by atoms with van der Waals surface area (Å²) in [4.78, 5) is 0. The van der Waals surface area contributed by atoms with E-state index in [1.54, 1.807) is 0 Å². The number of hydrogen-bond acceptors (Lipinski definition) is 2. The first-order chi connectivity index (χ1) is 8.77. The zero-order chi connectivity index (χ0) is 13.2. The van der Waals surface area contributed by atoms with Crippen molar-refractivity contribution in [2.24, 2.45) is 5.73 Å². The molecule has 1 rings (SSSR count). The number of ether oxygens (including phenoxy) is 1. The van der Waals surface area contributed by atoms with Crippen LogP contribution < -0.4 is 10.5 Å². The lowest BCUT2D eigenvalue weighted by Gasteiger charge is -2.11. The molecule has 0 heterocycles. The van der Waals surface area contributed by atoms with Crippen LogP contribution in [0.15, 0.2) is 18.2 Å². The Balaban J connectivity index is 2.22. The molecule has 0 fully saturated rings. The summed E-state index contributed by atoms with van der Waals surface area (Å²) in [5, 5.41) is 0. The van der Waals surface area contributed by atoms with Crippen LogP contribution in [-0.2, 0) is 6.54 Å². The van der Waals surface area contributed by atoms with Crippen LogP contribution in [0.4, 0.5) is 0 Å². The first-order valence-corrected chi connectivity index (χ1v) is 7.20. The zero-order valence-electron chi connectivity index (χ0n) is 11.9. The topological polar surface area (TPSA) is 35.2 Å². The standard InChI is InChI=1S/C16H27NO/c1-3-4-5-6-7-8-11-18-16-10-9-14(2)12-15(16)13-17/h9-10,12H,3-8,11,13,17H2,1-2H3. The van der Waals surface area contributed by atoms with Gasteiger partial charge in [-0.25, -0.2) is 0 Å². The maximum atomic E-state index is 5.81. The van der Waals surface area contributed by atoms with Gasteiger partial charge in [-0.2, -0.15) is 0 Å². The average molecular weight is 249 g/mol. The van der Waals surface area contributed by atoms with Crippen molar-refractivity contribution >= 4 is 0 Å². The summed E-state index contributed by atoms with van der Waals surface area (Å²) in [6, 6.07) is 6.22. The summed E-state index contributed by atoms with van der Waals surface area (Å²) in [5.41, 5.74) is 8.08. The second-order valence-electron chi connectivity index (χ2n) is 4.93. The second-order valence-corrected chi connectivity index (χ2v) is 4.93. The average Bonchev–Trinajstić information content (AvgIpc) is 2.39. The number of benzene rings is 1. The molecule has 0 radical (unpaired) electrons. The fraction of sp³-hybridized carbons (Fsp3) is 0.625. The molecule has 0 spiro atoms. The lowest BCUT2D eigenvalue weighted by Crippen LogP contribution is -2.04. The van der Waals surface area contributed by atoms with Crippen LogP contribution in [0.5, 0.6) is 5.75 Å². The lowest BCUT2D eigenvalue weighted by atomic mass is 10.1. The summed E-state index contributed by atoms with van der Waals surface area (Å²) in [6.45, 7) is 5.68. The molecule has 0 aromatic heterocycles. The molecule has 0 atom stereocenters. The highest BCUT2D eigenvalue weighted by Crippen LogP contribution is 2.19. The highest BCUT2D eigenvalue weighted by Gasteiger charge is 2.02. The Morgan fingerprint density at radius 1 is 1.06 bits per heavy atom. The number of hydrogen-bond donors (Lipinski definition) is 1. The molecule has 0 saturated heterocycles. The Labute approximate surface area is 112 Å². The van der Waals surface area contributed by atoms with E-state index >= 15 is 0 Å². The highest BCUT2D eigenvalue weighted by molar-refractivity contribution is 5.36. The van der Waals surface area contributed by atoms with Gasteiger partial charge < -0.3 is 10.5 Å². The molecule has 0 amide bonds. The fourth-order valence-corrected chi connectivity index (χ4v) is 2.07. The van der Waals surface area contributed by atoms with E-state index in [-0.39, 0.29) is 0 Å². The first kappa shape index (κ1) is 15.0. The van der Waals surface area contributed by atoms with Crippen molar-refractivity contribution in [3.05, 3.63) is 29.3 Å². The highest BCUT2D eigenvalue weighted by atomic mass is 16.5. The maximum Gasteiger partial charge on any atom is 0.123 e. The van der Waals surface area contributed by atoms with Gasteiger partial charge in [0, 0.05) is 12.1 Å². The summed E-state index contributed by atoms with van der Waals surface area (Å²) in [5.74, 6) is 0.955. The van der Waals surface area contributed by atoms with Crippen LogP contribution in [0.25, 0.3) is 0 Å². The number of aryl methyl sites for hydroxylation is 1. The smallest absolute Gasteiger partial charge is 0.123 e. The molecule has 0 bridgehead atoms. The van der Waals surface area contributed by atoms with E-state index in [1.165, 1.54) is 37.7 Å². The van der Waals surface area contributed by atoms with Gasteiger partial charge in [-0.05, 0) is 19.4 Å². The molecule has 0 saturated carbocycles. The Morgan fingerprint density at radius 3 is 2.50 bits per heavy atom. The largest absolute Gasteiger partial charge is 0.493 e. The van der Waals surface area contributed by atoms with E-state index in [1.807, 2.05) is 6.07 Å². The first-order valence-electron chi connectivity index (χ1n) is 7.20. The van der Waals surface area contributed by atoms with Gasteiger partial charge in [-0.1, -0.05) is 56.7 Å². The van der Waals surface area contributed by atoms with E-state index in [9.17, 15) is 0 Å². The Hall–Kier alpha value is -1.02. The predicted molar refractivity (Wildman–Crippen MR) is 77.9 cm³/mol. The SMILES string of the molecule is CCCCCCCCOc1ccc(C)cc1CN. The maximum absolute atomic E-state index is 5.81. The second kappa shape index (κ2) is 8.98. The molecule has 0 aliphatic carbocycles. The van der Waals surface area contributed by atoms with Gasteiger partial charge in [0.1, 0.15) is 5.75 Å². The minimum Gasteiger partial charge on any atom is -0.493 e. The van der Waals surface area contributed by atoms with Crippen LogP contribution in [0, 0.1) is 6.92 Å². The summed E-state index contributed by atoms with van der Waals surface area (Å²) in [6.07, 6.45) is 7.76. The van der Waals surface area contributed by atoms with E-state index < -0.39 is 0 Å². The van der Waals surface area contributed by atoms with Crippen molar-refractivity contribution in [1.82, 2.24) is 0 Å². The van der Waals surface area contributed by atoms with Crippen LogP contribution in [0.2, 0.25) is 0 Å². The Morgan fingerprint density at radius 2 is 1.78 bits per heavy atom. The molecule has 102 valence electrons. The zero-order valence-corrected chi connectivity index (χ0v) is 11.9.